The zero-order valence-corrected chi connectivity index (χ0v) is 15.6. The average molecular weight is 346 g/mol. The summed E-state index contributed by atoms with van der Waals surface area (Å²) in [5, 5.41) is 1.38. The van der Waals surface area contributed by atoms with Gasteiger partial charge in [0.2, 0.25) is 5.28 Å². The Bertz CT molecular complexity index is 851. The number of hydrogen-bond donors (Lipinski definition) is 0. The molecule has 1 aromatic carbocycles. The van der Waals surface area contributed by atoms with Gasteiger partial charge in [-0.3, -0.25) is 0 Å². The van der Waals surface area contributed by atoms with Crippen molar-refractivity contribution in [1.29, 1.82) is 0 Å². The maximum absolute atomic E-state index is 6.09. The fourth-order valence-electron chi connectivity index (χ4n) is 2.77. The van der Waals surface area contributed by atoms with Gasteiger partial charge in [0.1, 0.15) is 10.6 Å². The number of thiophene rings is 1. The van der Waals surface area contributed by atoms with Crippen LogP contribution in [0.4, 0.5) is 5.82 Å². The number of rotatable bonds is 3. The minimum atomic E-state index is 0.296. The zero-order valence-electron chi connectivity index (χ0n) is 14.0. The third-order valence-corrected chi connectivity index (χ3v) is 5.14. The molecule has 3 aromatic rings. The van der Waals surface area contributed by atoms with Crippen LogP contribution in [0, 0.1) is 6.92 Å². The normalized spacial score (nSPS) is 11.4. The van der Waals surface area contributed by atoms with Crippen LogP contribution >= 0.6 is 22.9 Å². The molecule has 5 heteroatoms. The topological polar surface area (TPSA) is 29.0 Å². The summed E-state index contributed by atoms with van der Waals surface area (Å²) in [6.07, 6.45) is 0. The molecule has 0 fully saturated rings. The summed E-state index contributed by atoms with van der Waals surface area (Å²) >= 11 is 7.76. The number of benzene rings is 1. The molecule has 0 unspecified atom stereocenters. The first-order valence-electron chi connectivity index (χ1n) is 7.62. The Morgan fingerprint density at radius 1 is 1.09 bits per heavy atom. The predicted octanol–water partition coefficient (Wildman–Crippen LogP) is 5.51. The SMILES string of the molecule is Cc1sc2nc(Cl)nc(N(C)C)c2c1-c1ccc(C(C)C)cc1. The lowest BCUT2D eigenvalue weighted by Gasteiger charge is -2.14. The molecule has 120 valence electrons. The van der Waals surface area contributed by atoms with E-state index in [2.05, 4.69) is 55.0 Å². The lowest BCUT2D eigenvalue weighted by atomic mass is 9.98. The molecular weight excluding hydrogens is 326 g/mol. The first kappa shape index (κ1) is 16.2. The summed E-state index contributed by atoms with van der Waals surface area (Å²) in [5.41, 5.74) is 3.76. The molecule has 0 saturated heterocycles. The van der Waals surface area contributed by atoms with Crippen LogP contribution in [0.25, 0.3) is 21.3 Å². The fraction of sp³-hybridized carbons (Fsp3) is 0.333. The van der Waals surface area contributed by atoms with Crippen molar-refractivity contribution < 1.29 is 0 Å². The smallest absolute Gasteiger partial charge is 0.225 e. The quantitative estimate of drug-likeness (QED) is 0.586. The number of halogens is 1. The summed E-state index contributed by atoms with van der Waals surface area (Å²) < 4.78 is 0. The average Bonchev–Trinajstić information content (AvgIpc) is 2.81. The molecule has 0 aliphatic heterocycles. The highest BCUT2D eigenvalue weighted by Gasteiger charge is 2.19. The fourth-order valence-corrected chi connectivity index (χ4v) is 4.03. The zero-order chi connectivity index (χ0) is 16.7. The second-order valence-corrected chi connectivity index (χ2v) is 7.74. The molecule has 23 heavy (non-hydrogen) atoms. The van der Waals surface area contributed by atoms with E-state index >= 15 is 0 Å². The van der Waals surface area contributed by atoms with Gasteiger partial charge in [0.25, 0.3) is 0 Å². The molecule has 0 radical (unpaired) electrons. The number of aryl methyl sites for hydroxylation is 1. The number of fused-ring (bicyclic) bond motifs is 1. The van der Waals surface area contributed by atoms with Gasteiger partial charge in [-0.2, -0.15) is 4.98 Å². The van der Waals surface area contributed by atoms with E-state index in [1.54, 1.807) is 11.3 Å². The van der Waals surface area contributed by atoms with Crippen molar-refractivity contribution in [2.45, 2.75) is 26.7 Å². The van der Waals surface area contributed by atoms with Crippen LogP contribution in [0.5, 0.6) is 0 Å². The van der Waals surface area contributed by atoms with E-state index in [1.165, 1.54) is 21.6 Å². The first-order valence-corrected chi connectivity index (χ1v) is 8.82. The molecule has 0 amide bonds. The molecule has 0 saturated carbocycles. The van der Waals surface area contributed by atoms with E-state index in [4.69, 9.17) is 11.6 Å². The van der Waals surface area contributed by atoms with E-state index in [0.29, 0.717) is 11.2 Å². The third kappa shape index (κ3) is 2.93. The van der Waals surface area contributed by atoms with Gasteiger partial charge in [-0.15, -0.1) is 11.3 Å². The van der Waals surface area contributed by atoms with Crippen LogP contribution < -0.4 is 4.90 Å². The molecule has 0 bridgehead atoms. The molecule has 0 aliphatic carbocycles. The van der Waals surface area contributed by atoms with E-state index in [-0.39, 0.29) is 0 Å². The van der Waals surface area contributed by atoms with Crippen LogP contribution in [-0.4, -0.2) is 24.1 Å². The van der Waals surface area contributed by atoms with Crippen LogP contribution in [-0.2, 0) is 0 Å². The second-order valence-electron chi connectivity index (χ2n) is 6.20. The number of nitrogens with zero attached hydrogens (tertiary/aromatic N) is 3. The molecule has 3 nitrogen and oxygen atoms in total. The van der Waals surface area contributed by atoms with Crippen molar-refractivity contribution >= 4 is 39.0 Å². The van der Waals surface area contributed by atoms with Crippen molar-refractivity contribution in [1.82, 2.24) is 9.97 Å². The lowest BCUT2D eigenvalue weighted by Crippen LogP contribution is -2.11. The van der Waals surface area contributed by atoms with Gasteiger partial charge < -0.3 is 4.90 Å². The van der Waals surface area contributed by atoms with Crippen LogP contribution in [0.1, 0.15) is 30.2 Å². The van der Waals surface area contributed by atoms with Crippen LogP contribution in [0.3, 0.4) is 0 Å². The summed E-state index contributed by atoms with van der Waals surface area (Å²) in [6.45, 7) is 6.55. The van der Waals surface area contributed by atoms with Crippen molar-refractivity contribution in [2.75, 3.05) is 19.0 Å². The molecule has 2 heterocycles. The van der Waals surface area contributed by atoms with Gasteiger partial charge in [0, 0.05) is 24.5 Å². The van der Waals surface area contributed by atoms with Gasteiger partial charge in [0.05, 0.1) is 5.39 Å². The standard InChI is InChI=1S/C18H20ClN3S/c1-10(2)12-6-8-13(9-7-12)14-11(3)23-17-15(14)16(22(4)5)20-18(19)21-17/h6-10H,1-5H3. The maximum Gasteiger partial charge on any atom is 0.225 e. The Balaban J connectivity index is 2.26. The lowest BCUT2D eigenvalue weighted by molar-refractivity contribution is 0.867. The minimum absolute atomic E-state index is 0.296. The molecule has 0 atom stereocenters. The molecule has 3 rings (SSSR count). The highest BCUT2D eigenvalue weighted by molar-refractivity contribution is 7.19. The Kier molecular flexibility index (Phi) is 4.30. The number of hydrogen-bond acceptors (Lipinski definition) is 4. The highest BCUT2D eigenvalue weighted by atomic mass is 35.5. The monoisotopic (exact) mass is 345 g/mol. The van der Waals surface area contributed by atoms with E-state index in [9.17, 15) is 0 Å². The van der Waals surface area contributed by atoms with Gasteiger partial charge >= 0.3 is 0 Å². The minimum Gasteiger partial charge on any atom is -0.362 e. The van der Waals surface area contributed by atoms with Gasteiger partial charge in [0.15, 0.2) is 0 Å². The summed E-state index contributed by atoms with van der Waals surface area (Å²) in [6, 6.07) is 8.79. The highest BCUT2D eigenvalue weighted by Crippen LogP contribution is 2.42. The maximum atomic E-state index is 6.09. The summed E-state index contributed by atoms with van der Waals surface area (Å²) in [7, 11) is 3.97. The van der Waals surface area contributed by atoms with Gasteiger partial charge in [-0.25, -0.2) is 4.98 Å². The summed E-state index contributed by atoms with van der Waals surface area (Å²) in [5.74, 6) is 1.40. The predicted molar refractivity (Wildman–Crippen MR) is 101 cm³/mol. The van der Waals surface area contributed by atoms with Gasteiger partial charge in [-0.1, -0.05) is 38.1 Å². The van der Waals surface area contributed by atoms with Crippen LogP contribution in [0.2, 0.25) is 5.28 Å². The van der Waals surface area contributed by atoms with Gasteiger partial charge in [-0.05, 0) is 35.6 Å². The Labute approximate surface area is 146 Å². The van der Waals surface area contributed by atoms with E-state index in [1.807, 2.05) is 19.0 Å². The van der Waals surface area contributed by atoms with Crippen LogP contribution in [0.15, 0.2) is 24.3 Å². The molecule has 0 spiro atoms. The van der Waals surface area contributed by atoms with Crippen molar-refractivity contribution in [3.05, 3.63) is 40.0 Å². The largest absolute Gasteiger partial charge is 0.362 e. The Morgan fingerprint density at radius 2 is 1.74 bits per heavy atom. The molecular formula is C18H20ClN3S. The van der Waals surface area contributed by atoms with Crippen molar-refractivity contribution in [2.24, 2.45) is 0 Å². The van der Waals surface area contributed by atoms with E-state index < -0.39 is 0 Å². The number of aromatic nitrogens is 2. The second kappa shape index (κ2) is 6.10. The molecule has 2 aromatic heterocycles. The van der Waals surface area contributed by atoms with E-state index in [0.717, 1.165) is 16.0 Å². The summed E-state index contributed by atoms with van der Waals surface area (Å²) in [4.78, 5) is 13.0. The number of anilines is 1. The van der Waals surface area contributed by atoms with Crippen molar-refractivity contribution in [3.63, 3.8) is 0 Å². The molecule has 0 aliphatic rings. The van der Waals surface area contributed by atoms with Crippen molar-refractivity contribution in [3.8, 4) is 11.1 Å². The Hall–Kier alpha value is -1.65. The molecule has 0 N–H and O–H groups in total. The third-order valence-electron chi connectivity index (χ3n) is 3.97. The first-order chi connectivity index (χ1) is 10.9. The Morgan fingerprint density at radius 3 is 2.30 bits per heavy atom.